The number of nitrogens with one attached hydrogen (secondary N) is 1. The van der Waals surface area contributed by atoms with Crippen molar-refractivity contribution in [1.29, 1.82) is 0 Å². The van der Waals surface area contributed by atoms with Gasteiger partial charge >= 0.3 is 0 Å². The zero-order chi connectivity index (χ0) is 23.5. The lowest BCUT2D eigenvalue weighted by atomic mass is 10.0. The zero-order valence-electron chi connectivity index (χ0n) is 18.4. The predicted molar refractivity (Wildman–Crippen MR) is 130 cm³/mol. The second kappa shape index (κ2) is 9.48. The third kappa shape index (κ3) is 4.62. The zero-order valence-corrected chi connectivity index (χ0v) is 19.1. The third-order valence-corrected chi connectivity index (χ3v) is 5.71. The molecule has 1 atom stereocenters. The first-order chi connectivity index (χ1) is 15.9. The topological polar surface area (TPSA) is 121 Å². The Balaban J connectivity index is 1.79. The van der Waals surface area contributed by atoms with E-state index in [0.29, 0.717) is 29.6 Å². The van der Waals surface area contributed by atoms with Gasteiger partial charge in [-0.15, -0.1) is 0 Å². The van der Waals surface area contributed by atoms with Crippen LogP contribution < -0.4 is 21.5 Å². The lowest BCUT2D eigenvalue weighted by molar-refractivity contribution is 0.100. The molecular formula is C24H25ClN6O2. The molecule has 1 unspecified atom stereocenters. The second-order valence-electron chi connectivity index (χ2n) is 7.68. The summed E-state index contributed by atoms with van der Waals surface area (Å²) in [5, 5.41) is 3.96. The van der Waals surface area contributed by atoms with E-state index >= 15 is 0 Å². The number of anilines is 1. The van der Waals surface area contributed by atoms with Crippen LogP contribution in [-0.2, 0) is 0 Å². The van der Waals surface area contributed by atoms with Crippen LogP contribution in [0.15, 0.2) is 54.9 Å². The number of carbonyl (C=O) groups excluding carboxylic acids is 1. The summed E-state index contributed by atoms with van der Waals surface area (Å²) >= 11 is 6.19. The van der Waals surface area contributed by atoms with Crippen LogP contribution in [0.2, 0.25) is 5.02 Å². The molecule has 0 bridgehead atoms. The van der Waals surface area contributed by atoms with E-state index in [1.165, 1.54) is 0 Å². The van der Waals surface area contributed by atoms with Crippen LogP contribution in [0.25, 0.3) is 16.9 Å². The van der Waals surface area contributed by atoms with Crippen LogP contribution in [-0.4, -0.2) is 34.1 Å². The molecule has 4 rings (SSSR count). The van der Waals surface area contributed by atoms with Gasteiger partial charge in [-0.2, -0.15) is 0 Å². The van der Waals surface area contributed by atoms with E-state index in [4.69, 9.17) is 32.8 Å². The van der Waals surface area contributed by atoms with E-state index in [-0.39, 0.29) is 11.6 Å². The van der Waals surface area contributed by atoms with Gasteiger partial charge in [0.05, 0.1) is 29.7 Å². The Morgan fingerprint density at radius 2 is 2.06 bits per heavy atom. The summed E-state index contributed by atoms with van der Waals surface area (Å²) in [6.07, 6.45) is 2.29. The van der Waals surface area contributed by atoms with Gasteiger partial charge in [-0.1, -0.05) is 23.7 Å². The number of primary amides is 1. The molecule has 9 heteroatoms. The number of fused-ring (bicyclic) bond motifs is 1. The number of methoxy groups -OCH3 is 1. The molecule has 4 aromatic rings. The van der Waals surface area contributed by atoms with Gasteiger partial charge in [0.2, 0.25) is 0 Å². The molecule has 2 heterocycles. The Morgan fingerprint density at radius 3 is 2.76 bits per heavy atom. The van der Waals surface area contributed by atoms with Crippen LogP contribution in [0.3, 0.4) is 0 Å². The van der Waals surface area contributed by atoms with Gasteiger partial charge in [0.1, 0.15) is 23.7 Å². The molecule has 0 aliphatic heterocycles. The van der Waals surface area contributed by atoms with Crippen LogP contribution in [0.1, 0.15) is 33.9 Å². The molecule has 0 spiro atoms. The van der Waals surface area contributed by atoms with Gasteiger partial charge in [0, 0.05) is 11.1 Å². The first-order valence-corrected chi connectivity index (χ1v) is 10.8. The van der Waals surface area contributed by atoms with Crippen LogP contribution in [0.5, 0.6) is 5.75 Å². The molecule has 0 fully saturated rings. The van der Waals surface area contributed by atoms with E-state index in [9.17, 15) is 4.79 Å². The molecule has 2 aromatic carbocycles. The van der Waals surface area contributed by atoms with E-state index < -0.39 is 5.91 Å². The summed E-state index contributed by atoms with van der Waals surface area (Å²) in [5.74, 6) is 1.11. The van der Waals surface area contributed by atoms with Crippen molar-refractivity contribution >= 4 is 34.4 Å². The molecular weight excluding hydrogens is 440 g/mol. The molecule has 0 saturated carbocycles. The Hall–Kier alpha value is -3.62. The van der Waals surface area contributed by atoms with Crippen LogP contribution >= 0.6 is 11.6 Å². The van der Waals surface area contributed by atoms with Crippen molar-refractivity contribution in [3.05, 3.63) is 76.6 Å². The van der Waals surface area contributed by atoms with E-state index in [0.717, 1.165) is 27.9 Å². The largest absolute Gasteiger partial charge is 0.496 e. The third-order valence-electron chi connectivity index (χ3n) is 5.47. The standard InChI is InChI=1S/C24H25ClN6O2/c1-14-10-19-20(12-21(14)33-2)31(13-28-19)22-7-6-17(23(27)32)24(30-22)29-18(8-9-26)15-4-3-5-16(25)11-15/h3-7,10-13,18H,8-9,26H2,1-2H3,(H2,27,32)(H,29,30). The lowest BCUT2D eigenvalue weighted by Gasteiger charge is -2.21. The fourth-order valence-corrected chi connectivity index (χ4v) is 4.01. The monoisotopic (exact) mass is 464 g/mol. The fraction of sp³-hybridized carbons (Fsp3) is 0.208. The number of nitrogens with zero attached hydrogens (tertiary/aromatic N) is 3. The molecule has 2 aromatic heterocycles. The Morgan fingerprint density at radius 1 is 1.24 bits per heavy atom. The quantitative estimate of drug-likeness (QED) is 0.362. The predicted octanol–water partition coefficient (Wildman–Crippen LogP) is 3.99. The van der Waals surface area contributed by atoms with Crippen molar-refractivity contribution in [3.63, 3.8) is 0 Å². The molecule has 0 aliphatic carbocycles. The van der Waals surface area contributed by atoms with Gasteiger partial charge < -0.3 is 21.5 Å². The SMILES string of the molecule is COc1cc2c(cc1C)ncn2-c1ccc(C(N)=O)c(NC(CCN)c2cccc(Cl)c2)n1. The van der Waals surface area contributed by atoms with Gasteiger partial charge in [0.15, 0.2) is 0 Å². The van der Waals surface area contributed by atoms with Crippen molar-refractivity contribution in [2.45, 2.75) is 19.4 Å². The number of rotatable bonds is 8. The molecule has 8 nitrogen and oxygen atoms in total. The summed E-state index contributed by atoms with van der Waals surface area (Å²) < 4.78 is 7.31. The van der Waals surface area contributed by atoms with Crippen molar-refractivity contribution < 1.29 is 9.53 Å². The lowest BCUT2D eigenvalue weighted by Crippen LogP contribution is -2.21. The van der Waals surface area contributed by atoms with Crippen molar-refractivity contribution in [3.8, 4) is 11.6 Å². The minimum absolute atomic E-state index is 0.211. The summed E-state index contributed by atoms with van der Waals surface area (Å²) in [7, 11) is 1.63. The highest BCUT2D eigenvalue weighted by molar-refractivity contribution is 6.30. The number of imidazole rings is 1. The molecule has 170 valence electrons. The maximum atomic E-state index is 12.1. The first kappa shape index (κ1) is 22.6. The summed E-state index contributed by atoms with van der Waals surface area (Å²) in [4.78, 5) is 21.4. The number of carbonyl (C=O) groups is 1. The number of pyridine rings is 1. The van der Waals surface area contributed by atoms with Gasteiger partial charge in [-0.3, -0.25) is 9.36 Å². The van der Waals surface area contributed by atoms with Crippen LogP contribution in [0.4, 0.5) is 5.82 Å². The molecule has 0 radical (unpaired) electrons. The minimum Gasteiger partial charge on any atom is -0.496 e. The highest BCUT2D eigenvalue weighted by atomic mass is 35.5. The highest BCUT2D eigenvalue weighted by Gasteiger charge is 2.18. The Labute approximate surface area is 196 Å². The number of nitrogens with two attached hydrogens (primary N) is 2. The summed E-state index contributed by atoms with van der Waals surface area (Å²) in [6, 6.07) is 14.5. The number of hydrogen-bond acceptors (Lipinski definition) is 6. The van der Waals surface area contributed by atoms with Gasteiger partial charge in [-0.05, 0) is 61.3 Å². The normalized spacial score (nSPS) is 12.0. The number of aromatic nitrogens is 3. The van der Waals surface area contributed by atoms with E-state index in [2.05, 4.69) is 10.3 Å². The fourth-order valence-electron chi connectivity index (χ4n) is 3.81. The molecule has 33 heavy (non-hydrogen) atoms. The first-order valence-electron chi connectivity index (χ1n) is 10.5. The molecule has 0 aliphatic rings. The number of ether oxygens (including phenoxy) is 1. The molecule has 1 amide bonds. The molecule has 5 N–H and O–H groups in total. The number of amides is 1. The van der Waals surface area contributed by atoms with Crippen LogP contribution in [0, 0.1) is 6.92 Å². The highest BCUT2D eigenvalue weighted by Crippen LogP contribution is 2.29. The molecule has 0 saturated heterocycles. The smallest absolute Gasteiger partial charge is 0.252 e. The van der Waals surface area contributed by atoms with E-state index in [1.54, 1.807) is 31.6 Å². The van der Waals surface area contributed by atoms with Crippen molar-refractivity contribution in [1.82, 2.24) is 14.5 Å². The Bertz CT molecular complexity index is 1320. The maximum Gasteiger partial charge on any atom is 0.252 e. The van der Waals surface area contributed by atoms with E-state index in [1.807, 2.05) is 41.8 Å². The maximum absolute atomic E-state index is 12.1. The van der Waals surface area contributed by atoms with Gasteiger partial charge in [0.25, 0.3) is 5.91 Å². The Kier molecular flexibility index (Phi) is 6.48. The number of hydrogen-bond donors (Lipinski definition) is 3. The number of benzene rings is 2. The van der Waals surface area contributed by atoms with Gasteiger partial charge in [-0.25, -0.2) is 9.97 Å². The van der Waals surface area contributed by atoms with Crippen molar-refractivity contribution in [2.75, 3.05) is 19.0 Å². The summed E-state index contributed by atoms with van der Waals surface area (Å²) in [6.45, 7) is 2.40. The average molecular weight is 465 g/mol. The number of halogens is 1. The number of aryl methyl sites for hydroxylation is 1. The minimum atomic E-state index is -0.582. The summed E-state index contributed by atoms with van der Waals surface area (Å²) in [5.41, 5.74) is 15.3. The van der Waals surface area contributed by atoms with Crippen molar-refractivity contribution in [2.24, 2.45) is 11.5 Å². The average Bonchev–Trinajstić information content (AvgIpc) is 3.20. The second-order valence-corrected chi connectivity index (χ2v) is 8.12.